The summed E-state index contributed by atoms with van der Waals surface area (Å²) in [5.41, 5.74) is 1.87. The quantitative estimate of drug-likeness (QED) is 0.759. The summed E-state index contributed by atoms with van der Waals surface area (Å²) in [5, 5.41) is 3.16. The van der Waals surface area contributed by atoms with Gasteiger partial charge >= 0.3 is 0 Å². The van der Waals surface area contributed by atoms with Crippen LogP contribution in [0, 0.1) is 11.7 Å². The molecule has 0 saturated heterocycles. The van der Waals surface area contributed by atoms with Crippen molar-refractivity contribution < 1.29 is 4.39 Å². The Labute approximate surface area is 84.3 Å². The van der Waals surface area contributed by atoms with Gasteiger partial charge in [-0.25, -0.2) is 4.39 Å². The van der Waals surface area contributed by atoms with Gasteiger partial charge in [-0.2, -0.15) is 0 Å². The second-order valence-electron chi connectivity index (χ2n) is 4.08. The second-order valence-corrected chi connectivity index (χ2v) is 4.08. The van der Waals surface area contributed by atoms with Crippen molar-refractivity contribution in [2.24, 2.45) is 5.92 Å². The Balaban J connectivity index is 2.35. The lowest BCUT2D eigenvalue weighted by molar-refractivity contribution is 0.472. The molecule has 2 atom stereocenters. The number of halogens is 1. The molecule has 0 saturated carbocycles. The average molecular weight is 193 g/mol. The standard InChI is InChI=1S/C12H16FN/c1-3-8(2)10-7-14-12-9(10)5-4-6-11(12)13/h4-6,8,10,14H,3,7H2,1-2H3. The van der Waals surface area contributed by atoms with E-state index in [-0.39, 0.29) is 5.82 Å². The lowest BCUT2D eigenvalue weighted by Crippen LogP contribution is -2.10. The van der Waals surface area contributed by atoms with Gasteiger partial charge in [-0.15, -0.1) is 0 Å². The largest absolute Gasteiger partial charge is 0.382 e. The molecule has 0 radical (unpaired) electrons. The summed E-state index contributed by atoms with van der Waals surface area (Å²) < 4.78 is 13.4. The van der Waals surface area contributed by atoms with Gasteiger partial charge in [-0.3, -0.25) is 0 Å². The molecule has 1 N–H and O–H groups in total. The SMILES string of the molecule is CCC(C)C1CNc2c(F)cccc21. The second kappa shape index (κ2) is 3.60. The third kappa shape index (κ3) is 1.39. The molecule has 1 aliphatic rings. The number of nitrogens with one attached hydrogen (secondary N) is 1. The average Bonchev–Trinajstić information content (AvgIpc) is 2.62. The van der Waals surface area contributed by atoms with Crippen LogP contribution in [0.2, 0.25) is 0 Å². The number of rotatable bonds is 2. The highest BCUT2D eigenvalue weighted by Crippen LogP contribution is 2.38. The maximum Gasteiger partial charge on any atom is 0.146 e. The van der Waals surface area contributed by atoms with Crippen molar-refractivity contribution in [3.8, 4) is 0 Å². The van der Waals surface area contributed by atoms with Gasteiger partial charge in [0.05, 0.1) is 5.69 Å². The van der Waals surface area contributed by atoms with E-state index in [4.69, 9.17) is 0 Å². The summed E-state index contributed by atoms with van der Waals surface area (Å²) in [5.74, 6) is 0.976. The van der Waals surface area contributed by atoms with E-state index in [1.807, 2.05) is 6.07 Å². The van der Waals surface area contributed by atoms with Crippen molar-refractivity contribution in [3.05, 3.63) is 29.6 Å². The van der Waals surface area contributed by atoms with Crippen LogP contribution in [0.3, 0.4) is 0 Å². The molecule has 0 bridgehead atoms. The Morgan fingerprint density at radius 3 is 3.07 bits per heavy atom. The molecule has 1 aliphatic heterocycles. The molecule has 76 valence electrons. The zero-order chi connectivity index (χ0) is 10.1. The zero-order valence-corrected chi connectivity index (χ0v) is 8.68. The van der Waals surface area contributed by atoms with Crippen molar-refractivity contribution in [2.75, 3.05) is 11.9 Å². The highest BCUT2D eigenvalue weighted by molar-refractivity contribution is 5.58. The van der Waals surface area contributed by atoms with Crippen molar-refractivity contribution in [2.45, 2.75) is 26.2 Å². The fourth-order valence-corrected chi connectivity index (χ4v) is 2.15. The van der Waals surface area contributed by atoms with Gasteiger partial charge in [0.2, 0.25) is 0 Å². The molecule has 0 aromatic heterocycles. The molecular formula is C12H16FN. The van der Waals surface area contributed by atoms with E-state index in [9.17, 15) is 4.39 Å². The van der Waals surface area contributed by atoms with Crippen LogP contribution in [0.15, 0.2) is 18.2 Å². The number of benzene rings is 1. The summed E-state index contributed by atoms with van der Waals surface area (Å²) in [6, 6.07) is 5.36. The number of para-hydroxylation sites is 1. The first-order chi connectivity index (χ1) is 6.74. The van der Waals surface area contributed by atoms with E-state index in [1.54, 1.807) is 6.07 Å². The Hall–Kier alpha value is -1.05. The van der Waals surface area contributed by atoms with Gasteiger partial charge in [-0.05, 0) is 17.5 Å². The fraction of sp³-hybridized carbons (Fsp3) is 0.500. The van der Waals surface area contributed by atoms with E-state index in [1.165, 1.54) is 6.07 Å². The van der Waals surface area contributed by atoms with Crippen LogP contribution < -0.4 is 5.32 Å². The minimum Gasteiger partial charge on any atom is -0.382 e. The van der Waals surface area contributed by atoms with Gasteiger partial charge in [0, 0.05) is 12.5 Å². The number of hydrogen-bond donors (Lipinski definition) is 1. The van der Waals surface area contributed by atoms with Crippen LogP contribution in [0.4, 0.5) is 10.1 Å². The highest BCUT2D eigenvalue weighted by atomic mass is 19.1. The van der Waals surface area contributed by atoms with Crippen molar-refractivity contribution in [1.82, 2.24) is 0 Å². The predicted octanol–water partition coefficient (Wildman–Crippen LogP) is 3.38. The first-order valence-corrected chi connectivity index (χ1v) is 5.26. The molecule has 14 heavy (non-hydrogen) atoms. The molecule has 1 aromatic carbocycles. The Kier molecular flexibility index (Phi) is 2.44. The summed E-state index contributed by atoms with van der Waals surface area (Å²) >= 11 is 0. The Morgan fingerprint density at radius 2 is 2.36 bits per heavy atom. The van der Waals surface area contributed by atoms with Gasteiger partial charge in [0.15, 0.2) is 0 Å². The molecule has 0 fully saturated rings. The maximum absolute atomic E-state index is 13.4. The van der Waals surface area contributed by atoms with Gasteiger partial charge < -0.3 is 5.32 Å². The molecule has 2 heteroatoms. The third-order valence-electron chi connectivity index (χ3n) is 3.27. The summed E-state index contributed by atoms with van der Waals surface area (Å²) in [7, 11) is 0. The molecule has 2 unspecified atom stereocenters. The number of fused-ring (bicyclic) bond motifs is 1. The molecule has 1 heterocycles. The summed E-state index contributed by atoms with van der Waals surface area (Å²) in [6.07, 6.45) is 1.14. The van der Waals surface area contributed by atoms with E-state index in [0.29, 0.717) is 11.8 Å². The van der Waals surface area contributed by atoms with E-state index >= 15 is 0 Å². The van der Waals surface area contributed by atoms with Crippen LogP contribution in [0.5, 0.6) is 0 Å². The lowest BCUT2D eigenvalue weighted by Gasteiger charge is -2.16. The molecular weight excluding hydrogens is 177 g/mol. The first-order valence-electron chi connectivity index (χ1n) is 5.26. The molecule has 0 aliphatic carbocycles. The summed E-state index contributed by atoms with van der Waals surface area (Å²) in [4.78, 5) is 0. The maximum atomic E-state index is 13.4. The Bertz CT molecular complexity index is 335. The number of anilines is 1. The first kappa shape index (κ1) is 9.50. The van der Waals surface area contributed by atoms with Gasteiger partial charge in [0.25, 0.3) is 0 Å². The topological polar surface area (TPSA) is 12.0 Å². The minimum absolute atomic E-state index is 0.117. The predicted molar refractivity (Wildman–Crippen MR) is 57.1 cm³/mol. The highest BCUT2D eigenvalue weighted by Gasteiger charge is 2.27. The van der Waals surface area contributed by atoms with Crippen molar-refractivity contribution in [3.63, 3.8) is 0 Å². The lowest BCUT2D eigenvalue weighted by atomic mass is 9.87. The van der Waals surface area contributed by atoms with E-state index < -0.39 is 0 Å². The molecule has 0 spiro atoms. The zero-order valence-electron chi connectivity index (χ0n) is 8.68. The molecule has 1 aromatic rings. The third-order valence-corrected chi connectivity index (χ3v) is 3.27. The fourth-order valence-electron chi connectivity index (χ4n) is 2.15. The smallest absolute Gasteiger partial charge is 0.146 e. The van der Waals surface area contributed by atoms with Gasteiger partial charge in [-0.1, -0.05) is 32.4 Å². The summed E-state index contributed by atoms with van der Waals surface area (Å²) in [6.45, 7) is 5.29. The molecule has 1 nitrogen and oxygen atoms in total. The minimum atomic E-state index is -0.117. The number of hydrogen-bond acceptors (Lipinski definition) is 1. The van der Waals surface area contributed by atoms with Crippen molar-refractivity contribution >= 4 is 5.69 Å². The van der Waals surface area contributed by atoms with E-state index in [0.717, 1.165) is 24.2 Å². The molecule has 2 rings (SSSR count). The normalized spacial score (nSPS) is 21.5. The van der Waals surface area contributed by atoms with Crippen LogP contribution in [0.1, 0.15) is 31.7 Å². The van der Waals surface area contributed by atoms with Crippen LogP contribution in [0.25, 0.3) is 0 Å². The molecule has 0 amide bonds. The Morgan fingerprint density at radius 1 is 1.57 bits per heavy atom. The van der Waals surface area contributed by atoms with Crippen molar-refractivity contribution in [1.29, 1.82) is 0 Å². The van der Waals surface area contributed by atoms with Crippen LogP contribution in [-0.2, 0) is 0 Å². The van der Waals surface area contributed by atoms with Gasteiger partial charge in [0.1, 0.15) is 5.82 Å². The monoisotopic (exact) mass is 193 g/mol. The van der Waals surface area contributed by atoms with E-state index in [2.05, 4.69) is 19.2 Å². The van der Waals surface area contributed by atoms with Crippen LogP contribution >= 0.6 is 0 Å². The van der Waals surface area contributed by atoms with Crippen LogP contribution in [-0.4, -0.2) is 6.54 Å².